The van der Waals surface area contributed by atoms with Gasteiger partial charge in [-0.1, -0.05) is 29.8 Å². The zero-order valence-corrected chi connectivity index (χ0v) is 18.2. The average Bonchev–Trinajstić information content (AvgIpc) is 3.57. The van der Waals surface area contributed by atoms with Gasteiger partial charge in [-0.2, -0.15) is 0 Å². The first-order chi connectivity index (χ1) is 14.2. The van der Waals surface area contributed by atoms with Gasteiger partial charge in [0.05, 0.1) is 0 Å². The molecular weight excluding hydrogens is 386 g/mol. The van der Waals surface area contributed by atoms with Crippen LogP contribution in [-0.2, 0) is 11.3 Å². The quantitative estimate of drug-likeness (QED) is 0.327. The number of hydrogen-bond donors (Lipinski definition) is 3. The lowest BCUT2D eigenvalue weighted by Gasteiger charge is -2.31. The van der Waals surface area contributed by atoms with Crippen LogP contribution in [0.5, 0.6) is 0 Å². The molecule has 2 fully saturated rings. The first-order valence-electron chi connectivity index (χ1n) is 10.9. The summed E-state index contributed by atoms with van der Waals surface area (Å²) in [5, 5.41) is 10.4. The van der Waals surface area contributed by atoms with Crippen molar-refractivity contribution in [3.05, 3.63) is 34.9 Å². The van der Waals surface area contributed by atoms with Gasteiger partial charge in [0.15, 0.2) is 5.96 Å². The Kier molecular flexibility index (Phi) is 8.62. The molecule has 160 valence electrons. The highest BCUT2D eigenvalue weighted by molar-refractivity contribution is 6.31. The second-order valence-electron chi connectivity index (χ2n) is 8.02. The standard InChI is InChI=1S/C22H34ClN5O/c1-2-24-22(26-12-11-25-21(29)18-7-8-18)27-15-17-9-13-28(14-10-17)16-19-5-3-4-6-20(19)23/h3-6,17-18H,2,7-16H2,1H3,(H,25,29)(H2,24,26,27). The molecule has 1 saturated heterocycles. The molecule has 2 aliphatic rings. The van der Waals surface area contributed by atoms with Gasteiger partial charge in [0.25, 0.3) is 0 Å². The van der Waals surface area contributed by atoms with Crippen molar-refractivity contribution in [1.29, 1.82) is 0 Å². The Bertz CT molecular complexity index is 684. The fraction of sp³-hybridized carbons (Fsp3) is 0.636. The highest BCUT2D eigenvalue weighted by atomic mass is 35.5. The summed E-state index contributed by atoms with van der Waals surface area (Å²) in [4.78, 5) is 18.9. The van der Waals surface area contributed by atoms with E-state index in [0.29, 0.717) is 19.0 Å². The summed E-state index contributed by atoms with van der Waals surface area (Å²) in [6.45, 7) is 8.16. The normalized spacial score (nSPS) is 18.5. The Morgan fingerprint density at radius 1 is 1.10 bits per heavy atom. The minimum atomic E-state index is 0.192. The van der Waals surface area contributed by atoms with Crippen LogP contribution >= 0.6 is 11.6 Å². The molecule has 3 N–H and O–H groups in total. The molecule has 1 aliphatic carbocycles. The van der Waals surface area contributed by atoms with Crippen molar-refractivity contribution in [1.82, 2.24) is 20.9 Å². The van der Waals surface area contributed by atoms with E-state index in [4.69, 9.17) is 16.6 Å². The van der Waals surface area contributed by atoms with Gasteiger partial charge in [-0.15, -0.1) is 0 Å². The Hall–Kier alpha value is -1.79. The number of nitrogens with zero attached hydrogens (tertiary/aromatic N) is 2. The number of carbonyl (C=O) groups excluding carboxylic acids is 1. The van der Waals surface area contributed by atoms with Crippen LogP contribution in [0.15, 0.2) is 29.3 Å². The molecule has 0 radical (unpaired) electrons. The molecule has 3 rings (SSSR count). The van der Waals surface area contributed by atoms with Crippen molar-refractivity contribution >= 4 is 23.5 Å². The summed E-state index contributed by atoms with van der Waals surface area (Å²) in [7, 11) is 0. The van der Waals surface area contributed by atoms with Gasteiger partial charge in [-0.05, 0) is 63.2 Å². The summed E-state index contributed by atoms with van der Waals surface area (Å²) < 4.78 is 0. The fourth-order valence-corrected chi connectivity index (χ4v) is 3.81. The van der Waals surface area contributed by atoms with E-state index in [2.05, 4.69) is 39.9 Å². The first kappa shape index (κ1) is 21.9. The zero-order chi connectivity index (χ0) is 20.5. The van der Waals surface area contributed by atoms with Crippen LogP contribution < -0.4 is 16.0 Å². The topological polar surface area (TPSA) is 68.8 Å². The average molecular weight is 420 g/mol. The van der Waals surface area contributed by atoms with Crippen molar-refractivity contribution in [3.63, 3.8) is 0 Å². The monoisotopic (exact) mass is 419 g/mol. The molecule has 7 heteroatoms. The number of aliphatic imine (C=N–C) groups is 1. The minimum absolute atomic E-state index is 0.192. The second kappa shape index (κ2) is 11.4. The minimum Gasteiger partial charge on any atom is -0.357 e. The van der Waals surface area contributed by atoms with Crippen LogP contribution in [0.1, 0.15) is 38.2 Å². The van der Waals surface area contributed by atoms with Crippen molar-refractivity contribution in [2.24, 2.45) is 16.8 Å². The summed E-state index contributed by atoms with van der Waals surface area (Å²) in [5.74, 6) is 1.91. The SMILES string of the molecule is CCNC(=NCC1CCN(Cc2ccccc2Cl)CC1)NCCNC(=O)C1CC1. The molecule has 0 unspecified atom stereocenters. The van der Waals surface area contributed by atoms with Gasteiger partial charge in [-0.3, -0.25) is 14.7 Å². The van der Waals surface area contributed by atoms with Crippen LogP contribution in [0.3, 0.4) is 0 Å². The number of benzene rings is 1. The van der Waals surface area contributed by atoms with E-state index >= 15 is 0 Å². The van der Waals surface area contributed by atoms with Crippen molar-refractivity contribution in [2.45, 2.75) is 39.2 Å². The molecule has 1 amide bonds. The van der Waals surface area contributed by atoms with Crippen molar-refractivity contribution < 1.29 is 4.79 Å². The number of amides is 1. The predicted molar refractivity (Wildman–Crippen MR) is 119 cm³/mol. The molecule has 1 aromatic rings. The molecule has 0 aromatic heterocycles. The molecule has 0 bridgehead atoms. The van der Waals surface area contributed by atoms with Crippen LogP contribution in [0.25, 0.3) is 0 Å². The van der Waals surface area contributed by atoms with Crippen LogP contribution in [0.2, 0.25) is 5.02 Å². The van der Waals surface area contributed by atoms with Crippen LogP contribution in [0, 0.1) is 11.8 Å². The predicted octanol–water partition coefficient (Wildman–Crippen LogP) is 2.63. The van der Waals surface area contributed by atoms with E-state index in [0.717, 1.165) is 69.4 Å². The molecule has 1 saturated carbocycles. The molecule has 6 nitrogen and oxygen atoms in total. The molecule has 0 spiro atoms. The third-order valence-electron chi connectivity index (χ3n) is 5.58. The van der Waals surface area contributed by atoms with Gasteiger partial charge in [-0.25, -0.2) is 0 Å². The van der Waals surface area contributed by atoms with E-state index in [1.165, 1.54) is 5.56 Å². The number of guanidine groups is 1. The van der Waals surface area contributed by atoms with Gasteiger partial charge < -0.3 is 16.0 Å². The Morgan fingerprint density at radius 3 is 2.52 bits per heavy atom. The number of carbonyl (C=O) groups is 1. The number of halogens is 1. The van der Waals surface area contributed by atoms with E-state index in [1.54, 1.807) is 0 Å². The second-order valence-corrected chi connectivity index (χ2v) is 8.43. The number of nitrogens with one attached hydrogen (secondary N) is 3. The Balaban J connectivity index is 1.36. The number of rotatable bonds is 9. The molecule has 1 heterocycles. The van der Waals surface area contributed by atoms with Crippen LogP contribution in [0.4, 0.5) is 0 Å². The van der Waals surface area contributed by atoms with Crippen molar-refractivity contribution in [2.75, 3.05) is 39.3 Å². The van der Waals surface area contributed by atoms with E-state index in [9.17, 15) is 4.79 Å². The Labute approximate surface area is 179 Å². The Morgan fingerprint density at radius 2 is 1.83 bits per heavy atom. The lowest BCUT2D eigenvalue weighted by molar-refractivity contribution is -0.122. The van der Waals surface area contributed by atoms with Gasteiger partial charge in [0.2, 0.25) is 5.91 Å². The largest absolute Gasteiger partial charge is 0.357 e. The summed E-state index contributed by atoms with van der Waals surface area (Å²) in [6, 6.07) is 8.10. The molecule has 29 heavy (non-hydrogen) atoms. The maximum absolute atomic E-state index is 11.7. The zero-order valence-electron chi connectivity index (χ0n) is 17.4. The van der Waals surface area contributed by atoms with Gasteiger partial charge in [0, 0.05) is 43.7 Å². The third-order valence-corrected chi connectivity index (χ3v) is 5.94. The summed E-state index contributed by atoms with van der Waals surface area (Å²) in [6.07, 6.45) is 4.40. The first-order valence-corrected chi connectivity index (χ1v) is 11.3. The maximum atomic E-state index is 11.7. The number of hydrogen-bond acceptors (Lipinski definition) is 3. The molecule has 0 atom stereocenters. The maximum Gasteiger partial charge on any atom is 0.223 e. The van der Waals surface area contributed by atoms with E-state index in [-0.39, 0.29) is 11.8 Å². The summed E-state index contributed by atoms with van der Waals surface area (Å²) >= 11 is 6.29. The highest BCUT2D eigenvalue weighted by Crippen LogP contribution is 2.28. The smallest absolute Gasteiger partial charge is 0.223 e. The third kappa shape index (κ3) is 7.52. The molecular formula is C22H34ClN5O. The fourth-order valence-electron chi connectivity index (χ4n) is 3.61. The van der Waals surface area contributed by atoms with Crippen molar-refractivity contribution in [3.8, 4) is 0 Å². The molecule has 1 aromatic carbocycles. The molecule has 1 aliphatic heterocycles. The number of piperidine rings is 1. The van der Waals surface area contributed by atoms with Gasteiger partial charge >= 0.3 is 0 Å². The lowest BCUT2D eigenvalue weighted by atomic mass is 9.96. The van der Waals surface area contributed by atoms with Crippen LogP contribution in [-0.4, -0.2) is 56.0 Å². The van der Waals surface area contributed by atoms with E-state index in [1.807, 2.05) is 12.1 Å². The highest BCUT2D eigenvalue weighted by Gasteiger charge is 2.29. The van der Waals surface area contributed by atoms with E-state index < -0.39 is 0 Å². The van der Waals surface area contributed by atoms with Gasteiger partial charge in [0.1, 0.15) is 0 Å². The lowest BCUT2D eigenvalue weighted by Crippen LogP contribution is -2.42. The summed E-state index contributed by atoms with van der Waals surface area (Å²) in [5.41, 5.74) is 1.21. The number of likely N-dealkylation sites (tertiary alicyclic amines) is 1.